The number of hydrogen-bond donors (Lipinski definition) is 3. The van der Waals surface area contributed by atoms with E-state index in [9.17, 15) is 9.59 Å². The van der Waals surface area contributed by atoms with Crippen molar-refractivity contribution in [2.45, 2.75) is 34.6 Å². The molecule has 2 aromatic rings. The molecule has 0 spiro atoms. The van der Waals surface area contributed by atoms with Crippen LogP contribution in [0.1, 0.15) is 31.9 Å². The average Bonchev–Trinajstić information content (AvgIpc) is 2.55. The summed E-state index contributed by atoms with van der Waals surface area (Å²) in [4.78, 5) is 24.2. The molecule has 2 amide bonds. The first-order chi connectivity index (χ1) is 12.1. The second-order valence-electron chi connectivity index (χ2n) is 7.51. The van der Waals surface area contributed by atoms with Gasteiger partial charge in [-0.2, -0.15) is 0 Å². The Morgan fingerprint density at radius 1 is 0.923 bits per heavy atom. The Kier molecular flexibility index (Phi) is 6.03. The number of aryl methyl sites for hydroxylation is 2. The molecule has 0 bridgehead atoms. The first-order valence-electron chi connectivity index (χ1n) is 8.67. The Balaban J connectivity index is 1.93. The van der Waals surface area contributed by atoms with Gasteiger partial charge in [-0.15, -0.1) is 0 Å². The molecule has 0 aromatic heterocycles. The van der Waals surface area contributed by atoms with Crippen LogP contribution >= 0.6 is 0 Å². The highest BCUT2D eigenvalue weighted by Gasteiger charge is 2.21. The summed E-state index contributed by atoms with van der Waals surface area (Å²) in [7, 11) is 0. The van der Waals surface area contributed by atoms with Gasteiger partial charge in [0, 0.05) is 22.5 Å². The third kappa shape index (κ3) is 5.62. The van der Waals surface area contributed by atoms with E-state index in [1.807, 2.05) is 77.1 Å². The SMILES string of the molecule is Cc1ccc(NC(=O)CNc2cccc(NC(=O)C(C)(C)C)c2)c(C)c1. The summed E-state index contributed by atoms with van der Waals surface area (Å²) in [5, 5.41) is 8.87. The van der Waals surface area contributed by atoms with Gasteiger partial charge >= 0.3 is 0 Å². The minimum absolute atomic E-state index is 0.0535. The van der Waals surface area contributed by atoms with Gasteiger partial charge in [-0.05, 0) is 43.7 Å². The maximum atomic E-state index is 12.2. The van der Waals surface area contributed by atoms with E-state index < -0.39 is 5.41 Å². The Hall–Kier alpha value is -2.82. The largest absolute Gasteiger partial charge is 0.376 e. The quantitative estimate of drug-likeness (QED) is 0.749. The predicted octanol–water partition coefficient (Wildman–Crippen LogP) is 4.34. The van der Waals surface area contributed by atoms with Crippen LogP contribution in [0.25, 0.3) is 0 Å². The summed E-state index contributed by atoms with van der Waals surface area (Å²) < 4.78 is 0. The number of benzene rings is 2. The molecule has 138 valence electrons. The molecule has 26 heavy (non-hydrogen) atoms. The number of anilines is 3. The molecule has 0 unspecified atom stereocenters. The zero-order valence-electron chi connectivity index (χ0n) is 16.1. The minimum Gasteiger partial charge on any atom is -0.376 e. The van der Waals surface area contributed by atoms with Crippen LogP contribution in [-0.4, -0.2) is 18.4 Å². The van der Waals surface area contributed by atoms with Crippen molar-refractivity contribution in [3.63, 3.8) is 0 Å². The Bertz CT molecular complexity index is 807. The third-order valence-electron chi connectivity index (χ3n) is 3.91. The zero-order chi connectivity index (χ0) is 19.3. The molecule has 0 saturated heterocycles. The number of nitrogens with one attached hydrogen (secondary N) is 3. The van der Waals surface area contributed by atoms with Gasteiger partial charge in [-0.1, -0.05) is 44.5 Å². The highest BCUT2D eigenvalue weighted by Crippen LogP contribution is 2.20. The number of carbonyl (C=O) groups excluding carboxylic acids is 2. The highest BCUT2D eigenvalue weighted by atomic mass is 16.2. The lowest BCUT2D eigenvalue weighted by Crippen LogP contribution is -2.27. The van der Waals surface area contributed by atoms with Crippen LogP contribution < -0.4 is 16.0 Å². The molecule has 0 heterocycles. The lowest BCUT2D eigenvalue weighted by molar-refractivity contribution is -0.123. The van der Waals surface area contributed by atoms with E-state index in [2.05, 4.69) is 16.0 Å². The van der Waals surface area contributed by atoms with Crippen LogP contribution in [0.2, 0.25) is 0 Å². The molecule has 5 nitrogen and oxygen atoms in total. The fourth-order valence-corrected chi connectivity index (χ4v) is 2.36. The van der Waals surface area contributed by atoms with Gasteiger partial charge in [-0.25, -0.2) is 0 Å². The van der Waals surface area contributed by atoms with Crippen molar-refractivity contribution in [1.82, 2.24) is 0 Å². The van der Waals surface area contributed by atoms with Crippen molar-refractivity contribution in [3.05, 3.63) is 53.6 Å². The molecule has 5 heteroatoms. The summed E-state index contributed by atoms with van der Waals surface area (Å²) in [5.74, 6) is -0.177. The first kappa shape index (κ1) is 19.5. The smallest absolute Gasteiger partial charge is 0.243 e. The molecular formula is C21H27N3O2. The number of hydrogen-bond acceptors (Lipinski definition) is 3. The molecule has 0 aliphatic carbocycles. The topological polar surface area (TPSA) is 70.2 Å². The van der Waals surface area contributed by atoms with Crippen LogP contribution in [-0.2, 0) is 9.59 Å². The van der Waals surface area contributed by atoms with Crippen molar-refractivity contribution in [1.29, 1.82) is 0 Å². The standard InChI is InChI=1S/C21H27N3O2/c1-14-9-10-18(15(2)11-14)24-19(25)13-22-16-7-6-8-17(12-16)23-20(26)21(3,4)5/h6-12,22H,13H2,1-5H3,(H,23,26)(H,24,25). The molecular weight excluding hydrogens is 326 g/mol. The van der Waals surface area contributed by atoms with Crippen molar-refractivity contribution < 1.29 is 9.59 Å². The molecule has 0 aliphatic heterocycles. The third-order valence-corrected chi connectivity index (χ3v) is 3.91. The molecule has 2 rings (SSSR count). The minimum atomic E-state index is -0.463. The van der Waals surface area contributed by atoms with Gasteiger partial charge in [-0.3, -0.25) is 9.59 Å². The zero-order valence-corrected chi connectivity index (χ0v) is 16.1. The molecule has 3 N–H and O–H groups in total. The van der Waals surface area contributed by atoms with E-state index >= 15 is 0 Å². The van der Waals surface area contributed by atoms with Crippen molar-refractivity contribution in [2.24, 2.45) is 5.41 Å². The van der Waals surface area contributed by atoms with Crippen molar-refractivity contribution in [3.8, 4) is 0 Å². The van der Waals surface area contributed by atoms with Crippen LogP contribution in [0, 0.1) is 19.3 Å². The second-order valence-corrected chi connectivity index (χ2v) is 7.51. The summed E-state index contributed by atoms with van der Waals surface area (Å²) in [6.45, 7) is 9.72. The highest BCUT2D eigenvalue weighted by molar-refractivity contribution is 5.96. The van der Waals surface area contributed by atoms with Gasteiger partial charge < -0.3 is 16.0 Å². The van der Waals surface area contributed by atoms with Crippen LogP contribution in [0.15, 0.2) is 42.5 Å². The molecule has 0 aliphatic rings. The summed E-state index contributed by atoms with van der Waals surface area (Å²) in [6.07, 6.45) is 0. The molecule has 2 aromatic carbocycles. The van der Waals surface area contributed by atoms with Gasteiger partial charge in [0.1, 0.15) is 0 Å². The van der Waals surface area contributed by atoms with E-state index in [1.54, 1.807) is 0 Å². The molecule has 0 fully saturated rings. The van der Waals surface area contributed by atoms with E-state index in [4.69, 9.17) is 0 Å². The van der Waals surface area contributed by atoms with Gasteiger partial charge in [0.15, 0.2) is 0 Å². The average molecular weight is 353 g/mol. The molecule has 0 saturated carbocycles. The number of carbonyl (C=O) groups is 2. The normalized spacial score (nSPS) is 11.0. The van der Waals surface area contributed by atoms with Crippen molar-refractivity contribution >= 4 is 28.9 Å². The second kappa shape index (κ2) is 8.04. The van der Waals surface area contributed by atoms with Gasteiger partial charge in [0.2, 0.25) is 11.8 Å². The summed E-state index contributed by atoms with van der Waals surface area (Å²) in [5.41, 5.74) is 4.01. The Morgan fingerprint density at radius 3 is 2.27 bits per heavy atom. The van der Waals surface area contributed by atoms with E-state index in [0.717, 1.165) is 22.5 Å². The van der Waals surface area contributed by atoms with E-state index in [0.29, 0.717) is 5.69 Å². The molecule has 0 atom stereocenters. The van der Waals surface area contributed by atoms with Gasteiger partial charge in [0.05, 0.1) is 6.54 Å². The van der Waals surface area contributed by atoms with Crippen LogP contribution in [0.4, 0.5) is 17.1 Å². The van der Waals surface area contributed by atoms with Crippen LogP contribution in [0.3, 0.4) is 0 Å². The number of amides is 2. The predicted molar refractivity (Wildman–Crippen MR) is 108 cm³/mol. The Morgan fingerprint density at radius 2 is 1.62 bits per heavy atom. The maximum absolute atomic E-state index is 12.2. The van der Waals surface area contributed by atoms with Crippen molar-refractivity contribution in [2.75, 3.05) is 22.5 Å². The monoisotopic (exact) mass is 353 g/mol. The first-order valence-corrected chi connectivity index (χ1v) is 8.67. The van der Waals surface area contributed by atoms with E-state index in [1.165, 1.54) is 0 Å². The maximum Gasteiger partial charge on any atom is 0.243 e. The Labute approximate surface area is 155 Å². The fraction of sp³-hybridized carbons (Fsp3) is 0.333. The lowest BCUT2D eigenvalue weighted by Gasteiger charge is -2.18. The van der Waals surface area contributed by atoms with E-state index in [-0.39, 0.29) is 18.4 Å². The fourth-order valence-electron chi connectivity index (χ4n) is 2.36. The van der Waals surface area contributed by atoms with Crippen LogP contribution in [0.5, 0.6) is 0 Å². The van der Waals surface area contributed by atoms with Gasteiger partial charge in [0.25, 0.3) is 0 Å². The summed E-state index contributed by atoms with van der Waals surface area (Å²) >= 11 is 0. The molecule has 0 radical (unpaired) electrons. The number of rotatable bonds is 5. The summed E-state index contributed by atoms with van der Waals surface area (Å²) in [6, 6.07) is 13.2. The lowest BCUT2D eigenvalue weighted by atomic mass is 9.95.